The van der Waals surface area contributed by atoms with E-state index in [2.05, 4.69) is 177 Å². The van der Waals surface area contributed by atoms with Crippen LogP contribution in [0.1, 0.15) is 147 Å². The molecule has 9 aromatic heterocycles. The summed E-state index contributed by atoms with van der Waals surface area (Å²) in [6.07, 6.45) is 0. The summed E-state index contributed by atoms with van der Waals surface area (Å²) in [5.74, 6) is 6.69. The minimum absolute atomic E-state index is 0.750. The van der Waals surface area contributed by atoms with Crippen molar-refractivity contribution >= 4 is 11.3 Å². The zero-order valence-corrected chi connectivity index (χ0v) is 56.2. The van der Waals surface area contributed by atoms with E-state index in [1.165, 1.54) is 89.1 Å². The molecule has 0 atom stereocenters. The van der Waals surface area contributed by atoms with E-state index in [0.29, 0.717) is 0 Å². The Morgan fingerprint density at radius 2 is 0.759 bits per heavy atom. The lowest BCUT2D eigenvalue weighted by Crippen LogP contribution is -2.32. The molecule has 0 fully saturated rings. The SMILES string of the molecule is Cc1c(C)[n+](C)c(C)n1C.Cc1c(C)c(C)n(C)c1C.Cc1nc(C)c(C)o1.Cc1nc(C)c(C)s1.Cc1nc(C)n(C)n1.Cc1nn(C)c(C)c1C.Cc1nn(C)c(C)c1C.Cc1nn(C)c(C)c1C.Cc1nnc(C)n1C. The number of thiazole rings is 1. The molecule has 79 heavy (non-hydrogen) atoms. The molecule has 0 spiro atoms. The number of nitrogens with zero attached hydrogens (tertiary/aromatic N) is 17. The first-order valence-electron chi connectivity index (χ1n) is 26.8. The van der Waals surface area contributed by atoms with E-state index >= 15 is 0 Å². The van der Waals surface area contributed by atoms with Crippen molar-refractivity contribution in [1.82, 2.24) is 78.0 Å². The fraction of sp³-hybridized carbons (Fsp3) is 0.567. The third-order valence-corrected chi connectivity index (χ3v) is 16.4. The first-order chi connectivity index (χ1) is 36.3. The Hall–Kier alpha value is -6.76. The molecule has 0 unspecified atom stereocenters. The molecule has 0 N–H and O–H groups in total. The zero-order valence-electron chi connectivity index (χ0n) is 55.4. The molecule has 9 rings (SSSR count). The minimum atomic E-state index is 0.750. The number of rotatable bonds is 0. The molecule has 0 amide bonds. The van der Waals surface area contributed by atoms with Gasteiger partial charge in [-0.2, -0.15) is 20.4 Å². The van der Waals surface area contributed by atoms with Gasteiger partial charge in [-0.25, -0.2) is 24.1 Å². The second kappa shape index (κ2) is 31.1. The molecule has 0 bridgehead atoms. The number of imidazole rings is 1. The van der Waals surface area contributed by atoms with Gasteiger partial charge in [0.2, 0.25) is 0 Å². The summed E-state index contributed by atoms with van der Waals surface area (Å²) < 4.78 is 21.2. The first kappa shape index (κ1) is 70.3. The Labute approximate surface area is 479 Å². The van der Waals surface area contributed by atoms with E-state index in [1.54, 1.807) is 16.0 Å². The maximum atomic E-state index is 5.10. The van der Waals surface area contributed by atoms with Gasteiger partial charge in [0.25, 0.3) is 5.82 Å². The monoisotopic (exact) mass is 1110 g/mol. The fourth-order valence-electron chi connectivity index (χ4n) is 7.53. The molecule has 9 heterocycles. The smallest absolute Gasteiger partial charge is 0.253 e. The molecule has 0 saturated carbocycles. The Bertz CT molecular complexity index is 2760. The molecule has 0 aliphatic heterocycles. The van der Waals surface area contributed by atoms with E-state index < -0.39 is 0 Å². The van der Waals surface area contributed by atoms with Gasteiger partial charge >= 0.3 is 0 Å². The van der Waals surface area contributed by atoms with Crippen LogP contribution in [0.2, 0.25) is 0 Å². The Morgan fingerprint density at radius 1 is 0.367 bits per heavy atom. The van der Waals surface area contributed by atoms with Crippen LogP contribution in [0.15, 0.2) is 4.42 Å². The number of aromatic nitrogens is 17. The van der Waals surface area contributed by atoms with Gasteiger partial charge in [-0.3, -0.25) is 18.7 Å². The van der Waals surface area contributed by atoms with E-state index in [1.807, 2.05) is 137 Å². The van der Waals surface area contributed by atoms with Crippen LogP contribution in [0.5, 0.6) is 0 Å². The number of oxazole rings is 1. The van der Waals surface area contributed by atoms with Crippen molar-refractivity contribution in [2.75, 3.05) is 0 Å². The molecule has 0 aliphatic rings. The number of hydrogen-bond donors (Lipinski definition) is 0. The summed E-state index contributed by atoms with van der Waals surface area (Å²) in [5, 5.41) is 25.5. The molecule has 9 aromatic rings. The Kier molecular flexibility index (Phi) is 27.7. The fourth-order valence-corrected chi connectivity index (χ4v) is 8.35. The highest BCUT2D eigenvalue weighted by Gasteiger charge is 2.15. The lowest BCUT2D eigenvalue weighted by Gasteiger charge is -1.98. The van der Waals surface area contributed by atoms with E-state index in [9.17, 15) is 0 Å². The lowest BCUT2D eigenvalue weighted by molar-refractivity contribution is -0.683. The predicted octanol–water partition coefficient (Wildman–Crippen LogP) is 11.6. The summed E-state index contributed by atoms with van der Waals surface area (Å²) in [5.41, 5.74) is 21.6. The zero-order chi connectivity index (χ0) is 61.4. The Morgan fingerprint density at radius 3 is 0.848 bits per heavy atom. The van der Waals surface area contributed by atoms with Crippen LogP contribution < -0.4 is 4.57 Å². The molecule has 438 valence electrons. The highest BCUT2D eigenvalue weighted by molar-refractivity contribution is 7.11. The Balaban J connectivity index is 0.000000445. The van der Waals surface area contributed by atoms with Crippen molar-refractivity contribution in [2.45, 2.75) is 180 Å². The van der Waals surface area contributed by atoms with Crippen LogP contribution in [0.25, 0.3) is 0 Å². The van der Waals surface area contributed by atoms with Crippen molar-refractivity contribution in [3.63, 3.8) is 0 Å². The molecule has 0 aromatic carbocycles. The first-order valence-corrected chi connectivity index (χ1v) is 27.6. The topological polar surface area (TPSA) is 168 Å². The van der Waals surface area contributed by atoms with E-state index in [-0.39, 0.29) is 0 Å². The normalized spacial score (nSPS) is 10.2. The third-order valence-electron chi connectivity index (χ3n) is 15.4. The molecular formula is C60H102N17OS+. The van der Waals surface area contributed by atoms with Crippen molar-refractivity contribution in [3.05, 3.63) is 147 Å². The van der Waals surface area contributed by atoms with Gasteiger partial charge in [-0.15, -0.1) is 21.5 Å². The quantitative estimate of drug-likeness (QED) is 0.133. The second-order valence-electron chi connectivity index (χ2n) is 20.5. The second-order valence-corrected chi connectivity index (χ2v) is 21.9. The van der Waals surface area contributed by atoms with Gasteiger partial charge in [0.15, 0.2) is 5.89 Å². The lowest BCUT2D eigenvalue weighted by atomic mass is 10.2. The van der Waals surface area contributed by atoms with Gasteiger partial charge in [0.1, 0.15) is 40.4 Å². The van der Waals surface area contributed by atoms with Gasteiger partial charge in [0, 0.05) is 103 Å². The number of aryl methyl sites for hydroxylation is 17. The predicted molar refractivity (Wildman–Crippen MR) is 325 cm³/mol. The van der Waals surface area contributed by atoms with E-state index in [4.69, 9.17) is 4.42 Å². The van der Waals surface area contributed by atoms with E-state index in [0.717, 1.165) is 57.7 Å². The van der Waals surface area contributed by atoms with Gasteiger partial charge < -0.3 is 13.6 Å². The summed E-state index contributed by atoms with van der Waals surface area (Å²) >= 11 is 1.76. The van der Waals surface area contributed by atoms with Crippen LogP contribution in [0.3, 0.4) is 0 Å². The molecular weight excluding hydrogens is 1010 g/mol. The van der Waals surface area contributed by atoms with Gasteiger partial charge in [-0.1, -0.05) is 0 Å². The highest BCUT2D eigenvalue weighted by atomic mass is 32.1. The van der Waals surface area contributed by atoms with Gasteiger partial charge in [-0.05, 0) is 180 Å². The van der Waals surface area contributed by atoms with Crippen LogP contribution in [0, 0.1) is 180 Å². The maximum absolute atomic E-state index is 5.10. The standard InChI is InChI=1S/C9H15N.C8H15N2.3C7H12N2.C6H9NO.C6H9NS.2C5H9N3/c1-6-7(2)9(4)10(5)8(6)3;1-6-7(2)10(5)8(3)9(6)4;3*1-5-6(2)8-9(4)7(5)3;2*1-4-5(2)8-6(3)7-4;1-4-6-7-5(2)8(4)3;1-4-6-5(2)8(3)7-4/h2*1-5H3;3*1-4H3;4*1-3H3/q;+1;;;;;;;. The van der Waals surface area contributed by atoms with Crippen LogP contribution in [-0.4, -0.2) is 78.0 Å². The summed E-state index contributed by atoms with van der Waals surface area (Å²) in [6.45, 7) is 53.2. The van der Waals surface area contributed by atoms with Crippen molar-refractivity contribution < 1.29 is 8.98 Å². The molecule has 19 heteroatoms. The molecule has 0 aliphatic carbocycles. The van der Waals surface area contributed by atoms with Crippen molar-refractivity contribution in [2.24, 2.45) is 56.4 Å². The average Bonchev–Trinajstić information content (AvgIpc) is 4.25. The van der Waals surface area contributed by atoms with Crippen molar-refractivity contribution in [1.29, 1.82) is 0 Å². The largest absolute Gasteiger partial charge is 0.446 e. The van der Waals surface area contributed by atoms with Crippen LogP contribution in [0.4, 0.5) is 0 Å². The minimum Gasteiger partial charge on any atom is -0.446 e. The molecule has 0 radical (unpaired) electrons. The summed E-state index contributed by atoms with van der Waals surface area (Å²) in [6, 6.07) is 0. The summed E-state index contributed by atoms with van der Waals surface area (Å²) in [4.78, 5) is 13.7. The molecule has 18 nitrogen and oxygen atoms in total. The van der Waals surface area contributed by atoms with Crippen LogP contribution in [-0.2, 0) is 56.4 Å². The summed E-state index contributed by atoms with van der Waals surface area (Å²) in [7, 11) is 16.0. The van der Waals surface area contributed by atoms with Gasteiger partial charge in [0.05, 0.1) is 47.6 Å². The maximum Gasteiger partial charge on any atom is 0.253 e. The third kappa shape index (κ3) is 20.1. The molecule has 0 saturated heterocycles. The number of hydrogen-bond acceptors (Lipinski definition) is 11. The van der Waals surface area contributed by atoms with Crippen LogP contribution >= 0.6 is 11.3 Å². The highest BCUT2D eigenvalue weighted by Crippen LogP contribution is 2.18. The average molecular weight is 1110 g/mol. The van der Waals surface area contributed by atoms with Crippen molar-refractivity contribution in [3.8, 4) is 0 Å².